The summed E-state index contributed by atoms with van der Waals surface area (Å²) in [5, 5.41) is 7.94. The molecule has 10 heteroatoms. The van der Waals surface area contributed by atoms with Crippen LogP contribution in [0.3, 0.4) is 0 Å². The van der Waals surface area contributed by atoms with Crippen LogP contribution in [-0.2, 0) is 9.84 Å². The largest absolute Gasteiger partial charge is 0.425 e. The average molecular weight is 290 g/mol. The van der Waals surface area contributed by atoms with E-state index in [9.17, 15) is 34.8 Å². The van der Waals surface area contributed by atoms with E-state index in [-0.39, 0.29) is 12.7 Å². The molecule has 0 saturated carbocycles. The second kappa shape index (κ2) is 5.42. The second-order valence-corrected chi connectivity index (χ2v) is 5.71. The van der Waals surface area contributed by atoms with E-state index in [4.69, 9.17) is 5.11 Å². The molecule has 0 spiro atoms. The van der Waals surface area contributed by atoms with E-state index in [2.05, 4.69) is 0 Å². The number of alkyl halides is 6. The smallest absolute Gasteiger partial charge is 0.374 e. The molecule has 3 nitrogen and oxygen atoms in total. The molecule has 106 valence electrons. The van der Waals surface area contributed by atoms with Gasteiger partial charge < -0.3 is 5.11 Å². The van der Waals surface area contributed by atoms with Gasteiger partial charge in [0.1, 0.15) is 9.84 Å². The summed E-state index contributed by atoms with van der Waals surface area (Å²) >= 11 is 0. The zero-order valence-corrected chi connectivity index (χ0v) is 9.96. The van der Waals surface area contributed by atoms with E-state index in [1.165, 1.54) is 6.26 Å². The van der Waals surface area contributed by atoms with Gasteiger partial charge in [-0.15, -0.1) is 0 Å². The minimum atomic E-state index is -5.69. The van der Waals surface area contributed by atoms with Crippen molar-refractivity contribution < 1.29 is 39.9 Å². The molecule has 0 saturated heterocycles. The van der Waals surface area contributed by atoms with Crippen LogP contribution in [0.25, 0.3) is 0 Å². The number of aliphatic hydroxyl groups is 1. The van der Waals surface area contributed by atoms with Crippen LogP contribution in [0.15, 0.2) is 0 Å². The molecule has 0 heterocycles. The van der Waals surface area contributed by atoms with Gasteiger partial charge in [0.05, 0.1) is 0 Å². The molecule has 0 amide bonds. The first-order valence-electron chi connectivity index (χ1n) is 4.09. The first-order chi connectivity index (χ1) is 7.06. The Kier molecular flexibility index (Phi) is 6.01. The van der Waals surface area contributed by atoms with E-state index < -0.39 is 27.8 Å². The molecule has 0 aromatic rings. The van der Waals surface area contributed by atoms with Crippen molar-refractivity contribution in [2.24, 2.45) is 0 Å². The van der Waals surface area contributed by atoms with Crippen LogP contribution < -0.4 is 0 Å². The highest BCUT2D eigenvalue weighted by Gasteiger charge is 2.67. The molecular formula is C7H12F6O3S. The highest BCUT2D eigenvalue weighted by atomic mass is 32.2. The van der Waals surface area contributed by atoms with Crippen LogP contribution in [0, 0.1) is 0 Å². The van der Waals surface area contributed by atoms with Gasteiger partial charge in [0.15, 0.2) is 0 Å². The molecule has 0 atom stereocenters. The Morgan fingerprint density at radius 2 is 1.18 bits per heavy atom. The predicted molar refractivity (Wildman–Crippen MR) is 48.1 cm³/mol. The monoisotopic (exact) mass is 290 g/mol. The molecular weight excluding hydrogens is 278 g/mol. The standard InChI is InChI=1S/C4H4F6O.C3H8O2S/c1-2(11,3(5,6)7)4(8,9)10;1-3-6(2,4)5/h11H,1H3;3H2,1-2H3. The summed E-state index contributed by atoms with van der Waals surface area (Å²) in [4.78, 5) is 0. The Morgan fingerprint density at radius 1 is 1.00 bits per heavy atom. The van der Waals surface area contributed by atoms with Crippen molar-refractivity contribution in [3.63, 3.8) is 0 Å². The molecule has 0 aliphatic heterocycles. The topological polar surface area (TPSA) is 54.4 Å². The lowest BCUT2D eigenvalue weighted by Crippen LogP contribution is -2.54. The summed E-state index contributed by atoms with van der Waals surface area (Å²) in [6, 6.07) is 0. The van der Waals surface area contributed by atoms with Gasteiger partial charge >= 0.3 is 12.4 Å². The predicted octanol–water partition coefficient (Wildman–Crippen LogP) is 1.91. The van der Waals surface area contributed by atoms with Gasteiger partial charge in [-0.3, -0.25) is 0 Å². The normalized spacial score (nSPS) is 14.0. The van der Waals surface area contributed by atoms with E-state index in [1.807, 2.05) is 0 Å². The van der Waals surface area contributed by atoms with Crippen molar-refractivity contribution in [3.05, 3.63) is 0 Å². The maximum Gasteiger partial charge on any atom is 0.425 e. The minimum absolute atomic E-state index is 0.243. The molecule has 0 aromatic carbocycles. The van der Waals surface area contributed by atoms with Crippen LogP contribution in [0.2, 0.25) is 0 Å². The van der Waals surface area contributed by atoms with E-state index in [0.717, 1.165) is 0 Å². The first kappa shape index (κ1) is 18.8. The Balaban J connectivity index is 0. The molecule has 0 unspecified atom stereocenters. The van der Waals surface area contributed by atoms with Crippen molar-refractivity contribution in [1.29, 1.82) is 0 Å². The first-order valence-corrected chi connectivity index (χ1v) is 6.16. The van der Waals surface area contributed by atoms with Gasteiger partial charge in [0, 0.05) is 12.0 Å². The zero-order valence-electron chi connectivity index (χ0n) is 9.15. The summed E-state index contributed by atoms with van der Waals surface area (Å²) in [5.74, 6) is 0.243. The third-order valence-electron chi connectivity index (χ3n) is 1.63. The van der Waals surface area contributed by atoms with Crippen LogP contribution >= 0.6 is 0 Å². The molecule has 1 N–H and O–H groups in total. The van der Waals surface area contributed by atoms with Crippen molar-refractivity contribution in [2.75, 3.05) is 12.0 Å². The van der Waals surface area contributed by atoms with Crippen LogP contribution in [0.4, 0.5) is 26.3 Å². The Hall–Kier alpha value is -0.510. The van der Waals surface area contributed by atoms with Gasteiger partial charge in [-0.05, 0) is 6.92 Å². The number of sulfone groups is 1. The summed E-state index contributed by atoms with van der Waals surface area (Å²) in [6.45, 7) is 1.28. The zero-order chi connectivity index (χ0) is 14.7. The minimum Gasteiger partial charge on any atom is -0.374 e. The maximum atomic E-state index is 11.4. The third-order valence-corrected chi connectivity index (χ3v) is 2.68. The summed E-state index contributed by atoms with van der Waals surface area (Å²) < 4.78 is 88.2. The Bertz CT molecular complexity index is 310. The molecule has 0 aromatic heterocycles. The summed E-state index contributed by atoms with van der Waals surface area (Å²) in [6.07, 6.45) is -10.2. The van der Waals surface area contributed by atoms with Gasteiger partial charge in [-0.25, -0.2) is 8.42 Å². The number of hydrogen-bond donors (Lipinski definition) is 1. The van der Waals surface area contributed by atoms with E-state index in [0.29, 0.717) is 0 Å². The van der Waals surface area contributed by atoms with Gasteiger partial charge in [0.2, 0.25) is 0 Å². The number of rotatable bonds is 1. The number of halogens is 6. The fraction of sp³-hybridized carbons (Fsp3) is 1.00. The van der Waals surface area contributed by atoms with E-state index in [1.54, 1.807) is 6.92 Å². The molecule has 0 radical (unpaired) electrons. The molecule has 0 fully saturated rings. The van der Waals surface area contributed by atoms with Gasteiger partial charge in [0.25, 0.3) is 5.60 Å². The van der Waals surface area contributed by atoms with E-state index >= 15 is 0 Å². The quantitative estimate of drug-likeness (QED) is 0.751. The second-order valence-electron chi connectivity index (χ2n) is 3.28. The Labute approximate surface area is 94.3 Å². The Morgan fingerprint density at radius 3 is 1.18 bits per heavy atom. The third kappa shape index (κ3) is 6.71. The fourth-order valence-electron chi connectivity index (χ4n) is 0.161. The van der Waals surface area contributed by atoms with Crippen molar-refractivity contribution in [3.8, 4) is 0 Å². The summed E-state index contributed by atoms with van der Waals surface area (Å²) in [7, 11) is -2.66. The molecule has 0 aliphatic rings. The van der Waals surface area contributed by atoms with Gasteiger partial charge in [-0.1, -0.05) is 6.92 Å². The lowest BCUT2D eigenvalue weighted by molar-refractivity contribution is -0.360. The van der Waals surface area contributed by atoms with Crippen molar-refractivity contribution in [2.45, 2.75) is 31.8 Å². The highest BCUT2D eigenvalue weighted by Crippen LogP contribution is 2.42. The summed E-state index contributed by atoms with van der Waals surface area (Å²) in [5.41, 5.74) is -4.62. The lowest BCUT2D eigenvalue weighted by Gasteiger charge is -2.28. The van der Waals surface area contributed by atoms with Crippen molar-refractivity contribution in [1.82, 2.24) is 0 Å². The molecule has 0 rings (SSSR count). The average Bonchev–Trinajstić information content (AvgIpc) is 2.00. The van der Waals surface area contributed by atoms with Crippen LogP contribution in [-0.4, -0.2) is 43.5 Å². The highest BCUT2D eigenvalue weighted by molar-refractivity contribution is 7.90. The lowest BCUT2D eigenvalue weighted by atomic mass is 10.1. The maximum absolute atomic E-state index is 11.4. The fourth-order valence-corrected chi connectivity index (χ4v) is 0.161. The van der Waals surface area contributed by atoms with Crippen LogP contribution in [0.5, 0.6) is 0 Å². The van der Waals surface area contributed by atoms with Crippen LogP contribution in [0.1, 0.15) is 13.8 Å². The molecule has 0 aliphatic carbocycles. The van der Waals surface area contributed by atoms with Crippen molar-refractivity contribution >= 4 is 9.84 Å². The van der Waals surface area contributed by atoms with Gasteiger partial charge in [-0.2, -0.15) is 26.3 Å². The molecule has 17 heavy (non-hydrogen) atoms. The molecule has 0 bridgehead atoms. The SMILES string of the molecule is CC(O)(C(F)(F)F)C(F)(F)F.CCS(C)(=O)=O. The number of hydrogen-bond acceptors (Lipinski definition) is 3.